The Morgan fingerprint density at radius 2 is 0.628 bits per heavy atom. The first-order valence-corrected chi connectivity index (χ1v) is 28.8. The lowest BCUT2D eigenvalue weighted by atomic mass is 9.97. The molecule has 5 heteroatoms. The molecule has 4 nitrogen and oxygen atoms in total. The van der Waals surface area contributed by atoms with E-state index < -0.39 is 8.07 Å². The Kier molecular flexibility index (Phi) is 12.5. The van der Waals surface area contributed by atoms with Crippen molar-refractivity contribution >= 4 is 50.6 Å². The van der Waals surface area contributed by atoms with Crippen LogP contribution in [-0.2, 0) is 0 Å². The van der Waals surface area contributed by atoms with Gasteiger partial charge in [-0.25, -0.2) is 15.0 Å². The molecule has 2 aromatic heterocycles. The number of aryl methyl sites for hydroxylation is 4. The van der Waals surface area contributed by atoms with Gasteiger partial charge in [0.25, 0.3) is 0 Å². The molecule has 0 atom stereocenters. The van der Waals surface area contributed by atoms with Gasteiger partial charge in [-0.2, -0.15) is 0 Å². The molecule has 0 saturated carbocycles. The number of rotatable bonds is 11. The van der Waals surface area contributed by atoms with E-state index in [9.17, 15) is 0 Å². The number of aromatic nitrogens is 4. The van der Waals surface area contributed by atoms with Crippen LogP contribution < -0.4 is 20.7 Å². The van der Waals surface area contributed by atoms with Crippen LogP contribution >= 0.6 is 0 Å². The summed E-state index contributed by atoms with van der Waals surface area (Å²) in [6.07, 6.45) is 0. The summed E-state index contributed by atoms with van der Waals surface area (Å²) in [5.41, 5.74) is 17.8. The second-order valence-electron chi connectivity index (χ2n) is 20.8. The van der Waals surface area contributed by atoms with E-state index >= 15 is 0 Å². The maximum absolute atomic E-state index is 5.39. The molecule has 0 aliphatic rings. The van der Waals surface area contributed by atoms with Gasteiger partial charge in [0.1, 0.15) is 0 Å². The lowest BCUT2D eigenvalue weighted by Gasteiger charge is -2.34. The number of benzene rings is 11. The molecule has 0 amide bonds. The van der Waals surface area contributed by atoms with E-state index in [1.807, 2.05) is 36.4 Å². The minimum atomic E-state index is -2.86. The van der Waals surface area contributed by atoms with Crippen LogP contribution in [0.4, 0.5) is 0 Å². The molecule has 13 rings (SSSR count). The molecule has 11 aromatic carbocycles. The summed E-state index contributed by atoms with van der Waals surface area (Å²) in [4.78, 5) is 15.9. The Morgan fingerprint density at radius 1 is 0.269 bits per heavy atom. The van der Waals surface area contributed by atoms with Gasteiger partial charge >= 0.3 is 0 Å². The van der Waals surface area contributed by atoms with Crippen molar-refractivity contribution in [3.8, 4) is 73.2 Å². The minimum Gasteiger partial charge on any atom is -0.308 e. The molecule has 13 aromatic rings. The first kappa shape index (κ1) is 48.1. The highest BCUT2D eigenvalue weighted by molar-refractivity contribution is 7.19. The summed E-state index contributed by atoms with van der Waals surface area (Å²) in [7, 11) is -2.86. The van der Waals surface area contributed by atoms with Crippen LogP contribution in [0.2, 0.25) is 0 Å². The molecule has 0 saturated heterocycles. The van der Waals surface area contributed by atoms with Crippen LogP contribution in [-0.4, -0.2) is 27.6 Å². The molecule has 0 radical (unpaired) electrons. The van der Waals surface area contributed by atoms with E-state index in [4.69, 9.17) is 15.0 Å². The van der Waals surface area contributed by atoms with E-state index in [-0.39, 0.29) is 0 Å². The van der Waals surface area contributed by atoms with Crippen molar-refractivity contribution in [1.82, 2.24) is 19.5 Å². The van der Waals surface area contributed by atoms with Crippen LogP contribution in [0.5, 0.6) is 0 Å². The van der Waals surface area contributed by atoms with Gasteiger partial charge in [-0.3, -0.25) is 0 Å². The highest BCUT2D eigenvalue weighted by Gasteiger charge is 2.41. The fourth-order valence-corrected chi connectivity index (χ4v) is 16.7. The largest absolute Gasteiger partial charge is 0.308 e. The van der Waals surface area contributed by atoms with Crippen LogP contribution in [0.1, 0.15) is 22.3 Å². The van der Waals surface area contributed by atoms with Gasteiger partial charge < -0.3 is 4.57 Å². The second-order valence-corrected chi connectivity index (χ2v) is 24.6. The molecule has 2 heterocycles. The van der Waals surface area contributed by atoms with E-state index in [1.165, 1.54) is 76.0 Å². The summed E-state index contributed by atoms with van der Waals surface area (Å²) < 4.78 is 2.45. The average molecular weight is 1020 g/mol. The van der Waals surface area contributed by atoms with Gasteiger partial charge in [0.05, 0.1) is 16.7 Å². The first-order chi connectivity index (χ1) is 38.3. The predicted molar refractivity (Wildman–Crippen MR) is 329 cm³/mol. The maximum Gasteiger partial charge on any atom is 0.179 e. The predicted octanol–water partition coefficient (Wildman–Crippen LogP) is 15.6. The SMILES string of the molecule is Cc1cc(C)cc(-c2ccc3c(c2)c2cc(-c4cc(C)cc(C)c4)ccc2n3-c2cc(-c3cccc([Si](c4ccccc4)(c4ccccc4)c4ccccc4)c3)ccc2-c2nc(-c3ccccc3)nc(-c3ccccc3)n2)c1. The average Bonchev–Trinajstić information content (AvgIpc) is 4.04. The van der Waals surface area contributed by atoms with Crippen molar-refractivity contribution in [2.24, 2.45) is 0 Å². The third-order valence-corrected chi connectivity index (χ3v) is 20.1. The van der Waals surface area contributed by atoms with Crippen molar-refractivity contribution in [1.29, 1.82) is 0 Å². The van der Waals surface area contributed by atoms with Crippen LogP contribution in [0.15, 0.2) is 267 Å². The highest BCUT2D eigenvalue weighted by Crippen LogP contribution is 2.41. The van der Waals surface area contributed by atoms with Gasteiger partial charge in [-0.1, -0.05) is 253 Å². The molecule has 0 aliphatic heterocycles. The van der Waals surface area contributed by atoms with Crippen molar-refractivity contribution < 1.29 is 0 Å². The Balaban J connectivity index is 1.10. The van der Waals surface area contributed by atoms with Gasteiger partial charge in [-0.05, 0) is 118 Å². The minimum absolute atomic E-state index is 0.593. The fraction of sp³-hybridized carbons (Fsp3) is 0.0548. The molecule has 0 N–H and O–H groups in total. The van der Waals surface area contributed by atoms with E-state index in [0.717, 1.165) is 44.5 Å². The summed E-state index contributed by atoms with van der Waals surface area (Å²) in [5.74, 6) is 1.82. The van der Waals surface area contributed by atoms with Crippen molar-refractivity contribution in [3.05, 3.63) is 289 Å². The standard InChI is InChI=1S/C73H56N4Si/c1-49-39-50(2)42-59(41-49)56-34-37-68-66(46-56)67-47-57(60-43-51(3)40-52(4)44-60)35-38-69(67)77(68)70-48-58(33-36-65(70)73-75-71(53-21-10-5-11-22-53)74-72(76-73)54-23-12-6-13-24-54)55-25-20-32-64(45-55)78(61-26-14-7-15-27-61,62-28-16-8-17-29-62)63-30-18-9-19-31-63/h5-48H,1-4H3. The zero-order valence-corrected chi connectivity index (χ0v) is 45.2. The molecule has 0 unspecified atom stereocenters. The molecule has 78 heavy (non-hydrogen) atoms. The van der Waals surface area contributed by atoms with Gasteiger partial charge in [0.15, 0.2) is 25.5 Å². The van der Waals surface area contributed by atoms with Gasteiger partial charge in [0, 0.05) is 27.5 Å². The third-order valence-electron chi connectivity index (χ3n) is 15.3. The van der Waals surface area contributed by atoms with Crippen LogP contribution in [0, 0.1) is 27.7 Å². The van der Waals surface area contributed by atoms with Gasteiger partial charge in [0.2, 0.25) is 0 Å². The maximum atomic E-state index is 5.39. The van der Waals surface area contributed by atoms with E-state index in [1.54, 1.807) is 0 Å². The summed E-state index contributed by atoms with van der Waals surface area (Å²) >= 11 is 0. The number of hydrogen-bond donors (Lipinski definition) is 0. The van der Waals surface area contributed by atoms with Crippen LogP contribution in [0.3, 0.4) is 0 Å². The van der Waals surface area contributed by atoms with Crippen molar-refractivity contribution in [3.63, 3.8) is 0 Å². The number of nitrogens with zero attached hydrogens (tertiary/aromatic N) is 4. The fourth-order valence-electron chi connectivity index (χ4n) is 11.9. The Bertz CT molecular complexity index is 4040. The van der Waals surface area contributed by atoms with Gasteiger partial charge in [-0.15, -0.1) is 0 Å². The molecule has 0 bridgehead atoms. The lowest BCUT2D eigenvalue weighted by Crippen LogP contribution is -2.74. The quantitative estimate of drug-likeness (QED) is 0.0958. The Morgan fingerprint density at radius 3 is 1.08 bits per heavy atom. The summed E-state index contributed by atoms with van der Waals surface area (Å²) in [6.45, 7) is 8.73. The topological polar surface area (TPSA) is 43.6 Å². The highest BCUT2D eigenvalue weighted by atomic mass is 28.3. The van der Waals surface area contributed by atoms with Crippen molar-refractivity contribution in [2.45, 2.75) is 27.7 Å². The van der Waals surface area contributed by atoms with Crippen molar-refractivity contribution in [2.75, 3.05) is 0 Å². The van der Waals surface area contributed by atoms with Crippen LogP contribution in [0.25, 0.3) is 95.0 Å². The molecule has 0 spiro atoms. The van der Waals surface area contributed by atoms with E-state index in [0.29, 0.717) is 17.5 Å². The Hall–Kier alpha value is -9.55. The lowest BCUT2D eigenvalue weighted by molar-refractivity contribution is 1.06. The molecule has 372 valence electrons. The number of hydrogen-bond acceptors (Lipinski definition) is 3. The zero-order chi connectivity index (χ0) is 52.7. The van der Waals surface area contributed by atoms with E-state index in [2.05, 4.69) is 263 Å². The smallest absolute Gasteiger partial charge is 0.179 e. The normalized spacial score (nSPS) is 11.6. The second kappa shape index (κ2) is 20.2. The summed E-state index contributed by atoms with van der Waals surface area (Å²) in [6, 6.07) is 97.8. The number of fused-ring (bicyclic) bond motifs is 3. The molecule has 0 aliphatic carbocycles. The third kappa shape index (κ3) is 8.84. The molecule has 0 fully saturated rings. The first-order valence-electron chi connectivity index (χ1n) is 26.8. The summed E-state index contributed by atoms with van der Waals surface area (Å²) in [5, 5.41) is 7.64. The molecular weight excluding hydrogens is 961 g/mol. The molecular formula is C73H56N4Si. The Labute approximate surface area is 457 Å². The zero-order valence-electron chi connectivity index (χ0n) is 44.2. The monoisotopic (exact) mass is 1020 g/mol.